The molecule has 0 bridgehead atoms. The summed E-state index contributed by atoms with van der Waals surface area (Å²) >= 11 is 7.14. The highest BCUT2D eigenvalue weighted by Gasteiger charge is 2.39. The molecule has 0 fully saturated rings. The van der Waals surface area contributed by atoms with Crippen LogP contribution in [0.5, 0.6) is 11.5 Å². The van der Waals surface area contributed by atoms with Crippen LogP contribution in [0.4, 0.5) is 26.3 Å². The van der Waals surface area contributed by atoms with E-state index in [0.29, 0.717) is 24.7 Å². The Morgan fingerprint density at radius 3 is 1.16 bits per heavy atom. The Morgan fingerprint density at radius 2 is 0.906 bits per heavy atom. The number of halogens is 8. The summed E-state index contributed by atoms with van der Waals surface area (Å²) in [6, 6.07) is 21.3. The smallest absolute Gasteiger partial charge is 0.488 e. The summed E-state index contributed by atoms with van der Waals surface area (Å²) in [4.78, 5) is 40.5. The van der Waals surface area contributed by atoms with Crippen LogP contribution in [-0.4, -0.2) is 91.2 Å². The summed E-state index contributed by atoms with van der Waals surface area (Å²) in [5.41, 5.74) is 8.11. The molecule has 4 unspecified atom stereocenters. The molecule has 0 saturated carbocycles. The van der Waals surface area contributed by atoms with E-state index < -0.39 is 60.5 Å². The summed E-state index contributed by atoms with van der Waals surface area (Å²) in [7, 11) is 0. The maximum atomic E-state index is 11.4. The molecule has 0 radical (unpaired) electrons. The molecule has 22 heteroatoms. The molecule has 0 saturated heterocycles. The van der Waals surface area contributed by atoms with Crippen molar-refractivity contribution >= 4 is 55.7 Å². The Morgan fingerprint density at radius 1 is 0.594 bits per heavy atom. The van der Waals surface area contributed by atoms with E-state index in [4.69, 9.17) is 29.3 Å². The number of aliphatic carboxylic acids is 4. The molecule has 14 nitrogen and oxygen atoms in total. The number of ether oxygens (including phenoxy) is 2. The van der Waals surface area contributed by atoms with Gasteiger partial charge in [-0.2, -0.15) is 26.3 Å². The molecule has 4 rings (SSSR count). The molecule has 0 aromatic heterocycles. The second-order valence-electron chi connectivity index (χ2n) is 13.8. The molecule has 8 N–H and O–H groups in total. The van der Waals surface area contributed by atoms with Crippen LogP contribution in [0.3, 0.4) is 0 Å². The summed E-state index contributed by atoms with van der Waals surface area (Å²) in [6.07, 6.45) is -12.2. The Hall–Kier alpha value is -5.26. The average molecular weight is 1040 g/mol. The fraction of sp³-hybridized carbons (Fsp3) is 0.333. The van der Waals surface area contributed by atoms with Crippen molar-refractivity contribution in [1.29, 1.82) is 0 Å². The van der Waals surface area contributed by atoms with Gasteiger partial charge in [-0.25, -0.2) is 9.59 Å². The van der Waals surface area contributed by atoms with Crippen molar-refractivity contribution < 1.29 is 85.6 Å². The number of carboxylic acids is 4. The van der Waals surface area contributed by atoms with Gasteiger partial charge in [-0.3, -0.25) is 20.2 Å². The van der Waals surface area contributed by atoms with Crippen molar-refractivity contribution in [3.8, 4) is 22.6 Å². The zero-order valence-corrected chi connectivity index (χ0v) is 37.4. The largest absolute Gasteiger partial charge is 0.490 e. The van der Waals surface area contributed by atoms with Gasteiger partial charge in [-0.1, -0.05) is 48.5 Å². The van der Waals surface area contributed by atoms with Crippen LogP contribution in [-0.2, 0) is 45.5 Å². The molecular formula is C42H44Br2F6N2O12. The summed E-state index contributed by atoms with van der Waals surface area (Å²) in [6.45, 7) is 8.27. The van der Waals surface area contributed by atoms with Crippen LogP contribution >= 0.6 is 31.9 Å². The van der Waals surface area contributed by atoms with Gasteiger partial charge in [0.2, 0.25) is 0 Å². The lowest BCUT2D eigenvalue weighted by Crippen LogP contribution is -2.44. The van der Waals surface area contributed by atoms with Gasteiger partial charge in [0.05, 0.1) is 21.2 Å². The van der Waals surface area contributed by atoms with E-state index in [-0.39, 0.29) is 13.1 Å². The van der Waals surface area contributed by atoms with Crippen LogP contribution in [0.1, 0.15) is 47.2 Å². The first kappa shape index (κ1) is 54.9. The molecule has 4 aromatic rings. The first-order valence-electron chi connectivity index (χ1n) is 18.5. The number of rotatable bonds is 17. The highest BCUT2D eigenvalue weighted by atomic mass is 79.9. The first-order valence-corrected chi connectivity index (χ1v) is 20.1. The van der Waals surface area contributed by atoms with Crippen LogP contribution in [0, 0.1) is 13.8 Å². The van der Waals surface area contributed by atoms with E-state index in [1.165, 1.54) is 13.8 Å². The van der Waals surface area contributed by atoms with Gasteiger partial charge in [0.1, 0.15) is 36.8 Å². The molecule has 0 amide bonds. The average Bonchev–Trinajstić information content (AvgIpc) is 3.17. The predicted octanol–water partition coefficient (Wildman–Crippen LogP) is 7.77. The number of alkyl halides is 6. The molecular weight excluding hydrogens is 998 g/mol. The maximum absolute atomic E-state index is 11.4. The summed E-state index contributed by atoms with van der Waals surface area (Å²) in [5, 5.41) is 58.0. The number of carboxylic acid groups (broad SMARTS) is 4. The molecule has 4 atom stereocenters. The minimum Gasteiger partial charge on any atom is -0.488 e. The van der Waals surface area contributed by atoms with Gasteiger partial charge in [-0.15, -0.1) is 0 Å². The normalized spacial score (nSPS) is 13.2. The topological polar surface area (TPSA) is 232 Å². The lowest BCUT2D eigenvalue weighted by atomic mass is 9.92. The summed E-state index contributed by atoms with van der Waals surface area (Å²) < 4.78 is 77.3. The molecule has 4 aromatic carbocycles. The van der Waals surface area contributed by atoms with Crippen LogP contribution in [0.15, 0.2) is 81.7 Å². The minimum absolute atomic E-state index is 0.273. The molecule has 0 aliphatic heterocycles. The first-order chi connectivity index (χ1) is 29.6. The van der Waals surface area contributed by atoms with Crippen molar-refractivity contribution in [2.45, 2.75) is 90.6 Å². The number of aliphatic hydroxyl groups is 2. The highest BCUT2D eigenvalue weighted by Crippen LogP contribution is 2.33. The van der Waals surface area contributed by atoms with E-state index in [1.807, 2.05) is 60.7 Å². The van der Waals surface area contributed by atoms with Gasteiger partial charge in [0, 0.05) is 13.1 Å². The van der Waals surface area contributed by atoms with E-state index in [2.05, 4.69) is 68.5 Å². The lowest BCUT2D eigenvalue weighted by Gasteiger charge is -2.18. The highest BCUT2D eigenvalue weighted by molar-refractivity contribution is 9.11. The molecule has 0 spiro atoms. The number of hydrogen-bond acceptors (Lipinski definition) is 10. The zero-order chi connectivity index (χ0) is 48.7. The van der Waals surface area contributed by atoms with Crippen LogP contribution in [0.25, 0.3) is 11.1 Å². The molecule has 350 valence electrons. The number of aliphatic hydroxyl groups excluding tert-OH is 2. The van der Waals surface area contributed by atoms with Gasteiger partial charge in [0.25, 0.3) is 0 Å². The van der Waals surface area contributed by atoms with Gasteiger partial charge in [0.15, 0.2) is 0 Å². The van der Waals surface area contributed by atoms with E-state index in [0.717, 1.165) is 53.5 Å². The lowest BCUT2D eigenvalue weighted by molar-refractivity contribution is -0.193. The number of benzene rings is 4. The number of carbonyl (C=O) groups is 4. The molecule has 0 aliphatic rings. The predicted molar refractivity (Wildman–Crippen MR) is 226 cm³/mol. The molecule has 0 heterocycles. The van der Waals surface area contributed by atoms with Crippen molar-refractivity contribution in [1.82, 2.24) is 10.6 Å². The zero-order valence-electron chi connectivity index (χ0n) is 34.2. The standard InChI is InChI=1S/C38H42Br2N2O8.2C2HF3O2/c1-21-27(19-49-33-13-11-25(15-31(33)39)17-41-35(23(3)43)37(45)46)7-5-9-29(21)30-10-6-8-28(22(30)2)20-50-34-14-12-26(16-32(34)40)18-42-36(24(4)44)38(47)48;2*3-2(4,5)1(6)7/h5-16,23-24,35-36,41-44H,17-20H2,1-4H3,(H,45,46)(H,47,48);2*(H,6,7). The third-order valence-corrected chi connectivity index (χ3v) is 10.2. The van der Waals surface area contributed by atoms with Gasteiger partial charge in [-0.05, 0) is 128 Å². The molecule has 64 heavy (non-hydrogen) atoms. The Kier molecular flexibility index (Phi) is 21.2. The van der Waals surface area contributed by atoms with E-state index in [9.17, 15) is 56.4 Å². The summed E-state index contributed by atoms with van der Waals surface area (Å²) in [5.74, 6) is -6.43. The van der Waals surface area contributed by atoms with Gasteiger partial charge < -0.3 is 40.1 Å². The van der Waals surface area contributed by atoms with E-state index >= 15 is 0 Å². The third kappa shape index (κ3) is 17.4. The Balaban J connectivity index is 0.000000866. The minimum atomic E-state index is -5.08. The van der Waals surface area contributed by atoms with Crippen molar-refractivity contribution in [2.24, 2.45) is 0 Å². The van der Waals surface area contributed by atoms with E-state index in [1.54, 1.807) is 0 Å². The van der Waals surface area contributed by atoms with Crippen molar-refractivity contribution in [3.05, 3.63) is 115 Å². The second kappa shape index (κ2) is 24.7. The monoisotopic (exact) mass is 1040 g/mol. The van der Waals surface area contributed by atoms with Gasteiger partial charge >= 0.3 is 36.2 Å². The number of nitrogens with one attached hydrogen (secondary N) is 2. The molecule has 0 aliphatic carbocycles. The second-order valence-corrected chi connectivity index (χ2v) is 15.5. The Bertz CT molecular complexity index is 2090. The van der Waals surface area contributed by atoms with Crippen molar-refractivity contribution in [2.75, 3.05) is 0 Å². The van der Waals surface area contributed by atoms with Crippen LogP contribution in [0.2, 0.25) is 0 Å². The van der Waals surface area contributed by atoms with Crippen molar-refractivity contribution in [3.63, 3.8) is 0 Å². The van der Waals surface area contributed by atoms with Crippen LogP contribution < -0.4 is 20.1 Å². The SMILES string of the molecule is Cc1c(COc2ccc(CNC(C(=O)O)C(C)O)cc2Br)cccc1-c1cccc(COc2ccc(CNC(C(=O)O)C(C)O)cc2Br)c1C.O=C(O)C(F)(F)F.O=C(O)C(F)(F)F. The maximum Gasteiger partial charge on any atom is 0.490 e. The fourth-order valence-corrected chi connectivity index (χ4v) is 6.58. The third-order valence-electron chi connectivity index (χ3n) is 8.98. The quantitative estimate of drug-likeness (QED) is 0.0473. The number of hydrogen-bond donors (Lipinski definition) is 8. The fourth-order valence-electron chi connectivity index (χ4n) is 5.50. The Labute approximate surface area is 379 Å².